The van der Waals surface area contributed by atoms with E-state index in [1.807, 2.05) is 0 Å². The van der Waals surface area contributed by atoms with Crippen LogP contribution in [0.3, 0.4) is 0 Å². The lowest BCUT2D eigenvalue weighted by Gasteiger charge is -2.18. The number of hydrogen-bond acceptors (Lipinski definition) is 6. The van der Waals surface area contributed by atoms with E-state index in [4.69, 9.17) is 9.47 Å². The third kappa shape index (κ3) is 5.74. The van der Waals surface area contributed by atoms with Crippen LogP contribution in [0.1, 0.15) is 37.7 Å². The lowest BCUT2D eigenvalue weighted by molar-refractivity contribution is -0.118. The van der Waals surface area contributed by atoms with Crippen molar-refractivity contribution in [3.63, 3.8) is 0 Å². The molecule has 1 aromatic rings. The minimum atomic E-state index is -3.34. The van der Waals surface area contributed by atoms with Gasteiger partial charge in [0.05, 0.1) is 18.1 Å². The maximum atomic E-state index is 14.1. The maximum absolute atomic E-state index is 14.1. The van der Waals surface area contributed by atoms with Crippen molar-refractivity contribution in [2.45, 2.75) is 37.5 Å². The van der Waals surface area contributed by atoms with Crippen LogP contribution in [-0.4, -0.2) is 63.3 Å². The molecule has 0 bridgehead atoms. The van der Waals surface area contributed by atoms with Gasteiger partial charge in [-0.2, -0.15) is 0 Å². The van der Waals surface area contributed by atoms with Crippen molar-refractivity contribution >= 4 is 21.8 Å². The quantitative estimate of drug-likeness (QED) is 0.383. The number of imide groups is 1. The number of carbonyl (C=O) groups is 2. The summed E-state index contributed by atoms with van der Waals surface area (Å²) in [5.74, 6) is -0.129. The average Bonchev–Trinajstić information content (AvgIpc) is 3.62. The molecule has 2 aliphatic carbocycles. The fourth-order valence-corrected chi connectivity index (χ4v) is 5.74. The third-order valence-electron chi connectivity index (χ3n) is 5.92. The third-order valence-corrected chi connectivity index (χ3v) is 7.83. The van der Waals surface area contributed by atoms with E-state index in [0.717, 1.165) is 31.2 Å². The first-order valence-corrected chi connectivity index (χ1v) is 12.4. The van der Waals surface area contributed by atoms with E-state index in [-0.39, 0.29) is 43.0 Å². The summed E-state index contributed by atoms with van der Waals surface area (Å²) in [6, 6.07) is 4.17. The molecular weight excluding hydrogens is 427 g/mol. The molecule has 2 saturated carbocycles. The molecule has 0 aromatic heterocycles. The predicted octanol–water partition coefficient (Wildman–Crippen LogP) is 1.98. The summed E-state index contributed by atoms with van der Waals surface area (Å²) in [5.41, 5.74) is 0.336. The molecule has 0 atom stereocenters. The number of sulfone groups is 1. The van der Waals surface area contributed by atoms with Crippen LogP contribution in [0.15, 0.2) is 18.2 Å². The van der Waals surface area contributed by atoms with Gasteiger partial charge in [-0.1, -0.05) is 6.07 Å². The lowest BCUT2D eigenvalue weighted by Crippen LogP contribution is -2.30. The van der Waals surface area contributed by atoms with Crippen LogP contribution >= 0.6 is 0 Å². The van der Waals surface area contributed by atoms with E-state index >= 15 is 0 Å². The predicted molar refractivity (Wildman–Crippen MR) is 110 cm³/mol. The molecule has 31 heavy (non-hydrogen) atoms. The summed E-state index contributed by atoms with van der Waals surface area (Å²) in [4.78, 5) is 23.7. The van der Waals surface area contributed by atoms with E-state index < -0.39 is 27.1 Å². The van der Waals surface area contributed by atoms with Gasteiger partial charge in [-0.3, -0.25) is 15.0 Å². The highest BCUT2D eigenvalue weighted by Crippen LogP contribution is 2.50. The Morgan fingerprint density at radius 3 is 2.65 bits per heavy atom. The van der Waals surface area contributed by atoms with Gasteiger partial charge in [0.2, 0.25) is 5.91 Å². The molecule has 3 fully saturated rings. The molecule has 0 unspecified atom stereocenters. The number of urea groups is 1. The Morgan fingerprint density at radius 1 is 1.23 bits per heavy atom. The van der Waals surface area contributed by atoms with Crippen LogP contribution in [0.4, 0.5) is 9.18 Å². The molecule has 4 rings (SSSR count). The standard InChI is InChI=1S/C21H27FN2O6S/c22-17-5-4-16(10-18(17)30-12-15-2-3-15)21(6-7-21)13-31(27,28)9-1-8-29-14-24-11-19(25)23-20(24)26/h4-5,10,15H,1-3,6-9,11-14H2,(H,23,25,26). The van der Waals surface area contributed by atoms with Gasteiger partial charge in [0, 0.05) is 12.0 Å². The number of benzene rings is 1. The van der Waals surface area contributed by atoms with Crippen LogP contribution in [0.25, 0.3) is 0 Å². The largest absolute Gasteiger partial charge is 0.490 e. The summed E-state index contributed by atoms with van der Waals surface area (Å²) in [6.45, 7) is 0.559. The minimum absolute atomic E-state index is 0.0106. The highest BCUT2D eigenvalue weighted by molar-refractivity contribution is 7.91. The van der Waals surface area contributed by atoms with Gasteiger partial charge in [0.1, 0.15) is 13.3 Å². The number of nitrogens with zero attached hydrogens (tertiary/aromatic N) is 1. The zero-order valence-corrected chi connectivity index (χ0v) is 18.1. The fourth-order valence-electron chi connectivity index (χ4n) is 3.74. The molecule has 8 nitrogen and oxygen atoms in total. The number of ether oxygens (including phenoxy) is 2. The Morgan fingerprint density at radius 2 is 2.00 bits per heavy atom. The number of rotatable bonds is 12. The van der Waals surface area contributed by atoms with Crippen LogP contribution < -0.4 is 10.1 Å². The molecule has 1 aliphatic heterocycles. The zero-order valence-electron chi connectivity index (χ0n) is 17.3. The van der Waals surface area contributed by atoms with Crippen molar-refractivity contribution in [2.75, 3.05) is 38.0 Å². The molecule has 1 heterocycles. The number of carbonyl (C=O) groups excluding carboxylic acids is 2. The van der Waals surface area contributed by atoms with Gasteiger partial charge >= 0.3 is 6.03 Å². The van der Waals surface area contributed by atoms with E-state index in [0.29, 0.717) is 18.9 Å². The highest BCUT2D eigenvalue weighted by atomic mass is 32.2. The van der Waals surface area contributed by atoms with Gasteiger partial charge in [0.25, 0.3) is 0 Å². The van der Waals surface area contributed by atoms with Gasteiger partial charge in [0.15, 0.2) is 21.4 Å². The molecule has 170 valence electrons. The van der Waals surface area contributed by atoms with E-state index in [9.17, 15) is 22.4 Å². The average molecular weight is 455 g/mol. The van der Waals surface area contributed by atoms with Crippen molar-refractivity contribution in [2.24, 2.45) is 5.92 Å². The Balaban J connectivity index is 1.26. The van der Waals surface area contributed by atoms with Gasteiger partial charge in [-0.25, -0.2) is 17.6 Å². The Kier molecular flexibility index (Phi) is 6.20. The SMILES string of the molecule is O=C1CN(COCCCS(=O)(=O)CC2(c3ccc(F)c(OCC4CC4)c3)CC2)C(=O)N1. The van der Waals surface area contributed by atoms with Crippen molar-refractivity contribution in [3.05, 3.63) is 29.6 Å². The second kappa shape index (κ2) is 8.74. The summed E-state index contributed by atoms with van der Waals surface area (Å²) >= 11 is 0. The molecule has 0 spiro atoms. The first-order valence-electron chi connectivity index (χ1n) is 10.6. The van der Waals surface area contributed by atoms with Crippen LogP contribution in [0.2, 0.25) is 0 Å². The van der Waals surface area contributed by atoms with E-state index in [1.165, 1.54) is 11.0 Å². The van der Waals surface area contributed by atoms with E-state index in [2.05, 4.69) is 5.32 Å². The monoisotopic (exact) mass is 454 g/mol. The molecule has 3 aliphatic rings. The summed E-state index contributed by atoms with van der Waals surface area (Å²) in [5, 5.41) is 2.14. The van der Waals surface area contributed by atoms with Crippen molar-refractivity contribution in [1.82, 2.24) is 10.2 Å². The van der Waals surface area contributed by atoms with Crippen molar-refractivity contribution < 1.29 is 31.9 Å². The Bertz CT molecular complexity index is 959. The minimum Gasteiger partial charge on any atom is -0.490 e. The molecular formula is C21H27FN2O6S. The molecule has 1 saturated heterocycles. The number of nitrogens with one attached hydrogen (secondary N) is 1. The van der Waals surface area contributed by atoms with Crippen LogP contribution in [0.5, 0.6) is 5.75 Å². The molecule has 3 amide bonds. The van der Waals surface area contributed by atoms with Crippen LogP contribution in [-0.2, 0) is 24.8 Å². The summed E-state index contributed by atoms with van der Waals surface area (Å²) < 4.78 is 50.4. The fraction of sp³-hybridized carbons (Fsp3) is 0.619. The first kappa shape index (κ1) is 22.0. The summed E-state index contributed by atoms with van der Waals surface area (Å²) in [6.07, 6.45) is 4.00. The zero-order chi connectivity index (χ0) is 22.1. The number of amides is 3. The second-order valence-electron chi connectivity index (χ2n) is 8.71. The normalized spacial score (nSPS) is 20.1. The van der Waals surface area contributed by atoms with Crippen LogP contribution in [0, 0.1) is 11.7 Å². The van der Waals surface area contributed by atoms with Crippen molar-refractivity contribution in [3.8, 4) is 5.75 Å². The highest BCUT2D eigenvalue weighted by Gasteiger charge is 2.47. The summed E-state index contributed by atoms with van der Waals surface area (Å²) in [7, 11) is -3.34. The van der Waals surface area contributed by atoms with Gasteiger partial charge in [-0.15, -0.1) is 0 Å². The molecule has 1 N–H and O–H groups in total. The van der Waals surface area contributed by atoms with Gasteiger partial charge < -0.3 is 9.47 Å². The maximum Gasteiger partial charge on any atom is 0.326 e. The Labute approximate surface area is 181 Å². The molecule has 10 heteroatoms. The number of halogens is 1. The Hall–Kier alpha value is -2.20. The smallest absolute Gasteiger partial charge is 0.326 e. The van der Waals surface area contributed by atoms with Gasteiger partial charge in [-0.05, 0) is 55.7 Å². The second-order valence-corrected chi connectivity index (χ2v) is 10.9. The molecule has 1 aromatic carbocycles. The lowest BCUT2D eigenvalue weighted by atomic mass is 9.98. The number of hydrogen-bond donors (Lipinski definition) is 1. The van der Waals surface area contributed by atoms with E-state index in [1.54, 1.807) is 12.1 Å². The molecule has 0 radical (unpaired) electrons. The topological polar surface area (TPSA) is 102 Å². The van der Waals surface area contributed by atoms with Crippen molar-refractivity contribution in [1.29, 1.82) is 0 Å². The first-order chi connectivity index (χ1) is 14.8.